The summed E-state index contributed by atoms with van der Waals surface area (Å²) in [5, 5.41) is 9.58. The first kappa shape index (κ1) is 9.47. The molecule has 1 aliphatic carbocycles. The molecule has 0 unspecified atom stereocenters. The third-order valence-electron chi connectivity index (χ3n) is 3.62. The second kappa shape index (κ2) is 4.43. The molecule has 0 bridgehead atoms. The Hall–Kier alpha value is -0.0800. The van der Waals surface area contributed by atoms with Gasteiger partial charge >= 0.3 is 0 Å². The van der Waals surface area contributed by atoms with Crippen LogP contribution in [0.5, 0.6) is 0 Å². The number of rotatable bonds is 1. The molecule has 2 fully saturated rings. The van der Waals surface area contributed by atoms with Crippen molar-refractivity contribution in [3.63, 3.8) is 0 Å². The van der Waals surface area contributed by atoms with Crippen LogP contribution in [0, 0.1) is 11.8 Å². The Morgan fingerprint density at radius 2 is 1.69 bits per heavy atom. The highest BCUT2D eigenvalue weighted by atomic mass is 16.5. The minimum Gasteiger partial charge on any atom is -0.393 e. The first-order chi connectivity index (χ1) is 6.36. The predicted octanol–water partition coefficient (Wildman–Crippen LogP) is 1.96. The monoisotopic (exact) mass is 184 g/mol. The molecule has 13 heavy (non-hydrogen) atoms. The lowest BCUT2D eigenvalue weighted by Gasteiger charge is -2.34. The van der Waals surface area contributed by atoms with E-state index in [1.54, 1.807) is 0 Å². The molecule has 2 heteroatoms. The van der Waals surface area contributed by atoms with E-state index in [4.69, 9.17) is 4.74 Å². The van der Waals surface area contributed by atoms with Crippen LogP contribution in [-0.2, 0) is 4.74 Å². The lowest BCUT2D eigenvalue weighted by Crippen LogP contribution is -2.29. The summed E-state index contributed by atoms with van der Waals surface area (Å²) < 4.78 is 5.35. The summed E-state index contributed by atoms with van der Waals surface area (Å²) in [7, 11) is 0. The van der Waals surface area contributed by atoms with Crippen molar-refractivity contribution >= 4 is 0 Å². The predicted molar refractivity (Wildman–Crippen MR) is 51.5 cm³/mol. The van der Waals surface area contributed by atoms with E-state index >= 15 is 0 Å². The molecule has 1 saturated carbocycles. The van der Waals surface area contributed by atoms with Crippen molar-refractivity contribution < 1.29 is 9.84 Å². The quantitative estimate of drug-likeness (QED) is 0.675. The Labute approximate surface area is 80.3 Å². The van der Waals surface area contributed by atoms with Crippen molar-refractivity contribution in [2.24, 2.45) is 11.8 Å². The van der Waals surface area contributed by atoms with Crippen molar-refractivity contribution in [2.75, 3.05) is 13.2 Å². The zero-order valence-electron chi connectivity index (χ0n) is 8.24. The molecule has 1 N–H and O–H groups in total. The van der Waals surface area contributed by atoms with Crippen LogP contribution in [0.1, 0.15) is 38.5 Å². The summed E-state index contributed by atoms with van der Waals surface area (Å²) in [4.78, 5) is 0. The topological polar surface area (TPSA) is 29.5 Å². The van der Waals surface area contributed by atoms with Gasteiger partial charge in [-0.1, -0.05) is 6.42 Å². The Morgan fingerprint density at radius 1 is 0.923 bits per heavy atom. The highest BCUT2D eigenvalue weighted by Gasteiger charge is 2.28. The zero-order chi connectivity index (χ0) is 9.10. The molecule has 76 valence electrons. The van der Waals surface area contributed by atoms with E-state index in [2.05, 4.69) is 0 Å². The van der Waals surface area contributed by atoms with Gasteiger partial charge in [-0.25, -0.2) is 0 Å². The molecule has 1 heterocycles. The highest BCUT2D eigenvalue weighted by Crippen LogP contribution is 2.35. The number of ether oxygens (including phenoxy) is 1. The van der Waals surface area contributed by atoms with Gasteiger partial charge in [0, 0.05) is 13.2 Å². The summed E-state index contributed by atoms with van der Waals surface area (Å²) in [6.45, 7) is 1.88. The van der Waals surface area contributed by atoms with Crippen molar-refractivity contribution in [1.29, 1.82) is 0 Å². The Kier molecular flexibility index (Phi) is 3.23. The second-order valence-electron chi connectivity index (χ2n) is 4.53. The fourth-order valence-corrected chi connectivity index (χ4v) is 2.82. The van der Waals surface area contributed by atoms with Crippen molar-refractivity contribution in [3.05, 3.63) is 0 Å². The maximum atomic E-state index is 9.58. The average Bonchev–Trinajstić information content (AvgIpc) is 2.19. The molecular formula is C11H20O2. The molecule has 0 aromatic heterocycles. The van der Waals surface area contributed by atoms with E-state index in [-0.39, 0.29) is 6.10 Å². The fraction of sp³-hybridized carbons (Fsp3) is 1.00. The van der Waals surface area contributed by atoms with Crippen molar-refractivity contribution in [1.82, 2.24) is 0 Å². The van der Waals surface area contributed by atoms with Gasteiger partial charge in [-0.15, -0.1) is 0 Å². The molecular weight excluding hydrogens is 164 g/mol. The Morgan fingerprint density at radius 3 is 2.38 bits per heavy atom. The van der Waals surface area contributed by atoms with Gasteiger partial charge in [-0.05, 0) is 43.9 Å². The maximum Gasteiger partial charge on any atom is 0.0543 e. The molecule has 0 aromatic rings. The summed E-state index contributed by atoms with van der Waals surface area (Å²) in [6.07, 6.45) is 7.06. The smallest absolute Gasteiger partial charge is 0.0543 e. The molecule has 2 aliphatic rings. The normalized spacial score (nSPS) is 37.6. The van der Waals surface area contributed by atoms with Crippen molar-refractivity contribution in [3.8, 4) is 0 Å². The molecule has 2 nitrogen and oxygen atoms in total. The summed E-state index contributed by atoms with van der Waals surface area (Å²) in [5.41, 5.74) is 0. The summed E-state index contributed by atoms with van der Waals surface area (Å²) >= 11 is 0. The van der Waals surface area contributed by atoms with Crippen LogP contribution in [0.2, 0.25) is 0 Å². The van der Waals surface area contributed by atoms with Gasteiger partial charge in [0.15, 0.2) is 0 Å². The Balaban J connectivity index is 1.83. The summed E-state index contributed by atoms with van der Waals surface area (Å²) in [5.74, 6) is 1.62. The van der Waals surface area contributed by atoms with E-state index in [0.29, 0.717) is 0 Å². The number of hydrogen-bond donors (Lipinski definition) is 1. The minimum atomic E-state index is -0.0124. The van der Waals surface area contributed by atoms with E-state index in [0.717, 1.165) is 37.9 Å². The molecule has 0 radical (unpaired) electrons. The molecule has 0 spiro atoms. The van der Waals surface area contributed by atoms with Gasteiger partial charge in [-0.2, -0.15) is 0 Å². The largest absolute Gasteiger partial charge is 0.393 e. The van der Waals surface area contributed by atoms with Crippen LogP contribution in [0.25, 0.3) is 0 Å². The third kappa shape index (κ3) is 2.44. The SMILES string of the molecule is O[C@@H]1CCC[C@@H](C2CCOCC2)C1. The molecule has 0 amide bonds. The Bertz CT molecular complexity index is 152. The van der Waals surface area contributed by atoms with Crippen LogP contribution in [0.4, 0.5) is 0 Å². The minimum absolute atomic E-state index is 0.0124. The standard InChI is InChI=1S/C11H20O2/c12-11-3-1-2-10(8-11)9-4-6-13-7-5-9/h9-12H,1-8H2/t10-,11-/m1/s1. The first-order valence-corrected chi connectivity index (χ1v) is 5.62. The fourth-order valence-electron chi connectivity index (χ4n) is 2.82. The number of hydrogen-bond acceptors (Lipinski definition) is 2. The zero-order valence-corrected chi connectivity index (χ0v) is 8.24. The number of aliphatic hydroxyl groups is 1. The van der Waals surface area contributed by atoms with Gasteiger partial charge in [0.2, 0.25) is 0 Å². The van der Waals surface area contributed by atoms with E-state index in [1.165, 1.54) is 25.7 Å². The van der Waals surface area contributed by atoms with Crippen LogP contribution in [0.15, 0.2) is 0 Å². The maximum absolute atomic E-state index is 9.58. The van der Waals surface area contributed by atoms with Gasteiger partial charge < -0.3 is 9.84 Å². The van der Waals surface area contributed by atoms with Crippen molar-refractivity contribution in [2.45, 2.75) is 44.6 Å². The lowest BCUT2D eigenvalue weighted by atomic mass is 9.76. The average molecular weight is 184 g/mol. The van der Waals surface area contributed by atoms with E-state index in [1.807, 2.05) is 0 Å². The van der Waals surface area contributed by atoms with Crippen LogP contribution in [-0.4, -0.2) is 24.4 Å². The summed E-state index contributed by atoms with van der Waals surface area (Å²) in [6, 6.07) is 0. The molecule has 2 rings (SSSR count). The van der Waals surface area contributed by atoms with E-state index < -0.39 is 0 Å². The van der Waals surface area contributed by atoms with Crippen LogP contribution in [0.3, 0.4) is 0 Å². The van der Waals surface area contributed by atoms with E-state index in [9.17, 15) is 5.11 Å². The van der Waals surface area contributed by atoms with Crippen LogP contribution >= 0.6 is 0 Å². The second-order valence-corrected chi connectivity index (χ2v) is 4.53. The third-order valence-corrected chi connectivity index (χ3v) is 3.62. The lowest BCUT2D eigenvalue weighted by molar-refractivity contribution is 0.0165. The van der Waals surface area contributed by atoms with Gasteiger partial charge in [0.1, 0.15) is 0 Å². The van der Waals surface area contributed by atoms with Crippen LogP contribution < -0.4 is 0 Å². The molecule has 1 saturated heterocycles. The number of aliphatic hydroxyl groups excluding tert-OH is 1. The molecule has 1 aliphatic heterocycles. The highest BCUT2D eigenvalue weighted by molar-refractivity contribution is 4.79. The molecule has 0 aromatic carbocycles. The van der Waals surface area contributed by atoms with Gasteiger partial charge in [0.25, 0.3) is 0 Å². The molecule has 2 atom stereocenters. The van der Waals surface area contributed by atoms with Gasteiger partial charge in [-0.3, -0.25) is 0 Å². The first-order valence-electron chi connectivity index (χ1n) is 5.62. The van der Waals surface area contributed by atoms with Gasteiger partial charge in [0.05, 0.1) is 6.10 Å².